The number of nitrogens with zero attached hydrogens (tertiary/aromatic N) is 2. The Hall–Kier alpha value is -3.83. The highest BCUT2D eigenvalue weighted by Gasteiger charge is 2.31. The lowest BCUT2D eigenvalue weighted by atomic mass is 10.1. The number of benzene rings is 2. The van der Waals surface area contributed by atoms with Crippen LogP contribution in [0.25, 0.3) is 22.8 Å². The van der Waals surface area contributed by atoms with E-state index in [2.05, 4.69) is 15.3 Å². The zero-order chi connectivity index (χ0) is 27.3. The number of carbonyl (C=O) groups is 2. The Labute approximate surface area is 224 Å². The number of alkyl halides is 3. The van der Waals surface area contributed by atoms with Crippen molar-refractivity contribution in [1.29, 1.82) is 0 Å². The van der Waals surface area contributed by atoms with Crippen LogP contribution in [0.4, 0.5) is 13.2 Å². The van der Waals surface area contributed by atoms with E-state index in [9.17, 15) is 27.9 Å². The van der Waals surface area contributed by atoms with E-state index < -0.39 is 29.7 Å². The summed E-state index contributed by atoms with van der Waals surface area (Å²) in [5, 5.41) is 12.1. The monoisotopic (exact) mass is 561 g/mol. The quantitative estimate of drug-likeness (QED) is 0.235. The van der Waals surface area contributed by atoms with Gasteiger partial charge < -0.3 is 14.8 Å². The summed E-state index contributed by atoms with van der Waals surface area (Å²) in [5.74, 6) is -1.73. The van der Waals surface area contributed by atoms with Gasteiger partial charge in [-0.25, -0.2) is 14.8 Å². The van der Waals surface area contributed by atoms with Gasteiger partial charge in [-0.2, -0.15) is 24.9 Å². The van der Waals surface area contributed by atoms with Crippen molar-refractivity contribution in [3.8, 4) is 22.8 Å². The van der Waals surface area contributed by atoms with Crippen molar-refractivity contribution in [2.45, 2.75) is 18.0 Å². The van der Waals surface area contributed by atoms with Crippen LogP contribution in [-0.2, 0) is 16.7 Å². The van der Waals surface area contributed by atoms with Gasteiger partial charge in [0.2, 0.25) is 5.89 Å². The standard InChI is InChI=1S/C26H19ClF3N3O4S/c27-22-18(7-4-12-31-22)21-20(33-24(37-21)16-8-10-17(11-9-16)26(28,29)30)23(34)32-19(25(35)36)14-38-13-15-5-2-1-3-6-15/h1-12,19H,13-14H2,(H,32,34)(H,35,36)/t19-/m0/s1. The Morgan fingerprint density at radius 2 is 1.76 bits per heavy atom. The fraction of sp³-hybridized carbons (Fsp3) is 0.154. The highest BCUT2D eigenvalue weighted by atomic mass is 35.5. The van der Waals surface area contributed by atoms with Gasteiger partial charge in [-0.1, -0.05) is 41.9 Å². The maximum atomic E-state index is 13.2. The molecule has 4 aromatic rings. The third-order valence-electron chi connectivity index (χ3n) is 5.30. The first kappa shape index (κ1) is 27.2. The number of carboxylic acids is 1. The summed E-state index contributed by atoms with van der Waals surface area (Å²) < 4.78 is 44.7. The second kappa shape index (κ2) is 11.7. The minimum Gasteiger partial charge on any atom is -0.480 e. The number of aliphatic carboxylic acids is 1. The first-order valence-corrected chi connectivity index (χ1v) is 12.6. The maximum Gasteiger partial charge on any atom is 0.416 e. The number of thioether (sulfide) groups is 1. The van der Waals surface area contributed by atoms with Crippen molar-refractivity contribution in [2.24, 2.45) is 0 Å². The van der Waals surface area contributed by atoms with Gasteiger partial charge >= 0.3 is 12.1 Å². The molecule has 2 aromatic heterocycles. The molecule has 2 N–H and O–H groups in total. The predicted molar refractivity (Wildman–Crippen MR) is 137 cm³/mol. The van der Waals surface area contributed by atoms with Gasteiger partial charge in [-0.05, 0) is 42.0 Å². The number of halogens is 4. The van der Waals surface area contributed by atoms with E-state index in [1.165, 1.54) is 24.0 Å². The maximum absolute atomic E-state index is 13.2. The molecule has 0 aliphatic carbocycles. The van der Waals surface area contributed by atoms with Crippen LogP contribution in [0.5, 0.6) is 0 Å². The summed E-state index contributed by atoms with van der Waals surface area (Å²) in [5.41, 5.74) is 0.230. The summed E-state index contributed by atoms with van der Waals surface area (Å²) in [6.45, 7) is 0. The normalized spacial score (nSPS) is 12.2. The van der Waals surface area contributed by atoms with E-state index in [1.807, 2.05) is 30.3 Å². The molecular weight excluding hydrogens is 543 g/mol. The van der Waals surface area contributed by atoms with Crippen molar-refractivity contribution >= 4 is 35.2 Å². The van der Waals surface area contributed by atoms with Crippen molar-refractivity contribution in [3.63, 3.8) is 0 Å². The van der Waals surface area contributed by atoms with Crippen LogP contribution in [0.15, 0.2) is 77.3 Å². The fourth-order valence-electron chi connectivity index (χ4n) is 3.41. The number of carboxylic acid groups (broad SMARTS) is 1. The summed E-state index contributed by atoms with van der Waals surface area (Å²) in [7, 11) is 0. The van der Waals surface area contributed by atoms with Crippen molar-refractivity contribution in [1.82, 2.24) is 15.3 Å². The first-order chi connectivity index (χ1) is 18.1. The molecule has 196 valence electrons. The lowest BCUT2D eigenvalue weighted by Crippen LogP contribution is -2.42. The molecule has 12 heteroatoms. The van der Waals surface area contributed by atoms with Crippen molar-refractivity contribution in [2.75, 3.05) is 5.75 Å². The Morgan fingerprint density at radius 1 is 1.05 bits per heavy atom. The average molecular weight is 562 g/mol. The van der Waals surface area contributed by atoms with E-state index in [0.29, 0.717) is 5.75 Å². The van der Waals surface area contributed by atoms with E-state index in [4.69, 9.17) is 16.0 Å². The molecule has 0 aliphatic heterocycles. The number of pyridine rings is 1. The highest BCUT2D eigenvalue weighted by Crippen LogP contribution is 2.35. The van der Waals surface area contributed by atoms with E-state index in [1.54, 1.807) is 6.07 Å². The summed E-state index contributed by atoms with van der Waals surface area (Å²) in [6.07, 6.45) is -3.11. The molecule has 38 heavy (non-hydrogen) atoms. The zero-order valence-electron chi connectivity index (χ0n) is 19.4. The Kier molecular flexibility index (Phi) is 8.38. The number of amides is 1. The molecule has 0 radical (unpaired) electrons. The van der Waals surface area contributed by atoms with Crippen LogP contribution >= 0.6 is 23.4 Å². The summed E-state index contributed by atoms with van der Waals surface area (Å²) >= 11 is 7.52. The zero-order valence-corrected chi connectivity index (χ0v) is 21.0. The van der Waals surface area contributed by atoms with Gasteiger partial charge in [-0.3, -0.25) is 4.79 Å². The van der Waals surface area contributed by atoms with Gasteiger partial charge in [0.1, 0.15) is 11.2 Å². The molecule has 0 spiro atoms. The molecule has 7 nitrogen and oxygen atoms in total. The molecule has 1 amide bonds. The Balaban J connectivity index is 1.61. The van der Waals surface area contributed by atoms with Gasteiger partial charge in [0.25, 0.3) is 5.91 Å². The molecule has 0 saturated heterocycles. The highest BCUT2D eigenvalue weighted by molar-refractivity contribution is 7.98. The molecule has 0 unspecified atom stereocenters. The topological polar surface area (TPSA) is 105 Å². The predicted octanol–water partition coefficient (Wildman–Crippen LogP) is 6.19. The molecular formula is C26H19ClF3N3O4S. The smallest absolute Gasteiger partial charge is 0.416 e. The number of aromatic nitrogens is 2. The Bertz CT molecular complexity index is 1430. The molecule has 4 rings (SSSR count). The second-order valence-corrected chi connectivity index (χ2v) is 9.37. The van der Waals surface area contributed by atoms with Gasteiger partial charge in [0.15, 0.2) is 11.5 Å². The van der Waals surface area contributed by atoms with Gasteiger partial charge in [-0.15, -0.1) is 0 Å². The summed E-state index contributed by atoms with van der Waals surface area (Å²) in [6, 6.07) is 15.3. The third kappa shape index (κ3) is 6.53. The number of hydrogen-bond donors (Lipinski definition) is 2. The van der Waals surface area contributed by atoms with E-state index in [-0.39, 0.29) is 39.4 Å². The largest absolute Gasteiger partial charge is 0.480 e. The van der Waals surface area contributed by atoms with Crippen LogP contribution in [0, 0.1) is 0 Å². The van der Waals surface area contributed by atoms with Gasteiger partial charge in [0, 0.05) is 23.3 Å². The van der Waals surface area contributed by atoms with E-state index >= 15 is 0 Å². The van der Waals surface area contributed by atoms with Gasteiger partial charge in [0.05, 0.1) is 11.1 Å². The van der Waals surface area contributed by atoms with Crippen molar-refractivity contribution < 1.29 is 32.3 Å². The molecule has 0 fully saturated rings. The first-order valence-electron chi connectivity index (χ1n) is 11.1. The number of nitrogens with one attached hydrogen (secondary N) is 1. The second-order valence-electron chi connectivity index (χ2n) is 7.98. The van der Waals surface area contributed by atoms with E-state index in [0.717, 1.165) is 29.8 Å². The van der Waals surface area contributed by atoms with Crippen LogP contribution in [0.3, 0.4) is 0 Å². The summed E-state index contributed by atoms with van der Waals surface area (Å²) in [4.78, 5) is 33.2. The van der Waals surface area contributed by atoms with Crippen LogP contribution in [0.2, 0.25) is 5.15 Å². The van der Waals surface area contributed by atoms with Crippen molar-refractivity contribution in [3.05, 3.63) is 94.9 Å². The molecule has 0 bridgehead atoms. The number of rotatable bonds is 9. The molecule has 1 atom stereocenters. The van der Waals surface area contributed by atoms with Crippen LogP contribution in [-0.4, -0.2) is 38.7 Å². The lowest BCUT2D eigenvalue weighted by molar-refractivity contribution is -0.139. The molecule has 2 aromatic carbocycles. The fourth-order valence-corrected chi connectivity index (χ4v) is 4.62. The number of hydrogen-bond acceptors (Lipinski definition) is 6. The minimum absolute atomic E-state index is 0.00938. The molecule has 0 aliphatic rings. The molecule has 0 saturated carbocycles. The minimum atomic E-state index is -4.53. The Morgan fingerprint density at radius 3 is 2.39 bits per heavy atom. The SMILES string of the molecule is O=C(N[C@@H](CSCc1ccccc1)C(=O)O)c1nc(-c2ccc(C(F)(F)F)cc2)oc1-c1cccnc1Cl. The number of carbonyl (C=O) groups excluding carboxylic acids is 1. The number of oxazole rings is 1. The third-order valence-corrected chi connectivity index (χ3v) is 6.71. The van der Waals surface area contributed by atoms with Crippen LogP contribution in [0.1, 0.15) is 21.6 Å². The molecule has 2 heterocycles. The van der Waals surface area contributed by atoms with Crippen LogP contribution < -0.4 is 5.32 Å². The lowest BCUT2D eigenvalue weighted by Gasteiger charge is -2.14. The average Bonchev–Trinajstić information content (AvgIpc) is 3.34.